The average Bonchev–Trinajstić information content (AvgIpc) is 2.78. The highest BCUT2D eigenvalue weighted by atomic mass is 16.5. The zero-order chi connectivity index (χ0) is 11.6. The summed E-state index contributed by atoms with van der Waals surface area (Å²) in [6.07, 6.45) is 2.28. The van der Waals surface area contributed by atoms with Crippen molar-refractivity contribution in [3.63, 3.8) is 0 Å². The Labute approximate surface area is 99.4 Å². The molecule has 2 aliphatic rings. The fourth-order valence-corrected chi connectivity index (χ4v) is 3.64. The molecule has 88 valence electrons. The van der Waals surface area contributed by atoms with Crippen LogP contribution in [-0.2, 0) is 12.8 Å². The molecule has 1 fully saturated rings. The number of aromatic nitrogens is 1. The van der Waals surface area contributed by atoms with Crippen LogP contribution in [0.5, 0.6) is 0 Å². The van der Waals surface area contributed by atoms with E-state index < -0.39 is 0 Å². The molecule has 1 aromatic heterocycles. The van der Waals surface area contributed by atoms with Gasteiger partial charge in [0.1, 0.15) is 0 Å². The van der Waals surface area contributed by atoms with E-state index in [1.54, 1.807) is 0 Å². The summed E-state index contributed by atoms with van der Waals surface area (Å²) >= 11 is 0. The minimum absolute atomic E-state index is 0.451. The smallest absolute Gasteiger partial charge is 0.174 e. The normalized spacial score (nSPS) is 21.9. The maximum absolute atomic E-state index is 5.79. The second kappa shape index (κ2) is 2.82. The van der Waals surface area contributed by atoms with E-state index in [0.29, 0.717) is 11.2 Å². The van der Waals surface area contributed by atoms with Crippen LogP contribution in [0.1, 0.15) is 11.1 Å². The second-order valence-corrected chi connectivity index (χ2v) is 5.67. The number of nitrogens with two attached hydrogens (primary N) is 1. The summed E-state index contributed by atoms with van der Waals surface area (Å²) in [5.74, 6) is 0.509. The molecule has 17 heavy (non-hydrogen) atoms. The van der Waals surface area contributed by atoms with Crippen LogP contribution in [0.15, 0.2) is 16.7 Å². The summed E-state index contributed by atoms with van der Waals surface area (Å²) in [6.45, 7) is 2.37. The lowest BCUT2D eigenvalue weighted by Crippen LogP contribution is -2.54. The Balaban J connectivity index is 1.85. The SMILES string of the molecule is CN1CC2(Cc3ccc4c(N)noc4c3C2)C1. The van der Waals surface area contributed by atoms with Gasteiger partial charge < -0.3 is 15.2 Å². The lowest BCUT2D eigenvalue weighted by Gasteiger charge is -2.46. The molecule has 0 radical (unpaired) electrons. The van der Waals surface area contributed by atoms with Crippen LogP contribution in [0.25, 0.3) is 11.0 Å². The molecule has 1 aliphatic heterocycles. The Hall–Kier alpha value is -1.55. The van der Waals surface area contributed by atoms with Gasteiger partial charge >= 0.3 is 0 Å². The van der Waals surface area contributed by atoms with Gasteiger partial charge in [-0.25, -0.2) is 0 Å². The molecule has 1 spiro atoms. The number of benzene rings is 1. The van der Waals surface area contributed by atoms with E-state index in [-0.39, 0.29) is 0 Å². The number of hydrogen-bond donors (Lipinski definition) is 1. The Kier molecular flexibility index (Phi) is 1.57. The van der Waals surface area contributed by atoms with Gasteiger partial charge in [0.05, 0.1) is 5.39 Å². The van der Waals surface area contributed by atoms with Gasteiger partial charge in [0, 0.05) is 24.1 Å². The van der Waals surface area contributed by atoms with Gasteiger partial charge in [0.25, 0.3) is 0 Å². The van der Waals surface area contributed by atoms with Gasteiger partial charge in [0.15, 0.2) is 11.4 Å². The molecular formula is C13H15N3O. The van der Waals surface area contributed by atoms with Crippen molar-refractivity contribution in [2.75, 3.05) is 25.9 Å². The van der Waals surface area contributed by atoms with Crippen molar-refractivity contribution in [2.24, 2.45) is 5.41 Å². The van der Waals surface area contributed by atoms with E-state index in [1.807, 2.05) is 6.07 Å². The van der Waals surface area contributed by atoms with Crippen molar-refractivity contribution in [1.82, 2.24) is 10.1 Å². The Morgan fingerprint density at radius 3 is 2.94 bits per heavy atom. The van der Waals surface area contributed by atoms with Crippen LogP contribution in [0, 0.1) is 5.41 Å². The lowest BCUT2D eigenvalue weighted by molar-refractivity contribution is 0.0320. The monoisotopic (exact) mass is 229 g/mol. The molecule has 0 saturated carbocycles. The summed E-state index contributed by atoms with van der Waals surface area (Å²) in [6, 6.07) is 4.24. The summed E-state index contributed by atoms with van der Waals surface area (Å²) < 4.78 is 5.39. The van der Waals surface area contributed by atoms with Gasteiger partial charge in [-0.05, 0) is 31.5 Å². The summed E-state index contributed by atoms with van der Waals surface area (Å²) in [5, 5.41) is 4.84. The molecule has 1 aromatic carbocycles. The van der Waals surface area contributed by atoms with Gasteiger partial charge in [0.2, 0.25) is 0 Å². The molecule has 0 bridgehead atoms. The van der Waals surface area contributed by atoms with Crippen molar-refractivity contribution in [2.45, 2.75) is 12.8 Å². The van der Waals surface area contributed by atoms with Crippen molar-refractivity contribution in [1.29, 1.82) is 0 Å². The number of hydrogen-bond acceptors (Lipinski definition) is 4. The fraction of sp³-hybridized carbons (Fsp3) is 0.462. The van der Waals surface area contributed by atoms with Gasteiger partial charge in [-0.3, -0.25) is 0 Å². The number of anilines is 1. The number of nitrogen functional groups attached to an aromatic ring is 1. The van der Waals surface area contributed by atoms with Crippen LogP contribution in [0.3, 0.4) is 0 Å². The van der Waals surface area contributed by atoms with Crippen LogP contribution in [-0.4, -0.2) is 30.2 Å². The first-order chi connectivity index (χ1) is 8.17. The molecule has 4 heteroatoms. The molecule has 2 aromatic rings. The van der Waals surface area contributed by atoms with Crippen LogP contribution >= 0.6 is 0 Å². The zero-order valence-corrected chi connectivity index (χ0v) is 9.86. The van der Waals surface area contributed by atoms with E-state index in [9.17, 15) is 0 Å². The Bertz CT molecular complexity index is 610. The van der Waals surface area contributed by atoms with Crippen LogP contribution in [0.4, 0.5) is 5.82 Å². The average molecular weight is 229 g/mol. The van der Waals surface area contributed by atoms with Crippen molar-refractivity contribution < 1.29 is 4.52 Å². The summed E-state index contributed by atoms with van der Waals surface area (Å²) in [5.41, 5.74) is 9.90. The fourth-order valence-electron chi connectivity index (χ4n) is 3.64. The summed E-state index contributed by atoms with van der Waals surface area (Å²) in [7, 11) is 2.18. The van der Waals surface area contributed by atoms with E-state index in [4.69, 9.17) is 10.3 Å². The first kappa shape index (κ1) is 9.48. The number of fused-ring (bicyclic) bond motifs is 3. The molecule has 0 unspecified atom stereocenters. The topological polar surface area (TPSA) is 55.3 Å². The minimum atomic E-state index is 0.451. The molecule has 0 amide bonds. The molecular weight excluding hydrogens is 214 g/mol. The highest BCUT2D eigenvalue weighted by Gasteiger charge is 2.46. The molecule has 4 nitrogen and oxygen atoms in total. The molecule has 0 atom stereocenters. The third kappa shape index (κ3) is 1.13. The highest BCUT2D eigenvalue weighted by Crippen LogP contribution is 2.45. The largest absolute Gasteiger partial charge is 0.380 e. The first-order valence-electron chi connectivity index (χ1n) is 6.01. The van der Waals surface area contributed by atoms with Gasteiger partial charge in [-0.15, -0.1) is 0 Å². The molecule has 2 N–H and O–H groups in total. The van der Waals surface area contributed by atoms with Gasteiger partial charge in [-0.2, -0.15) is 0 Å². The van der Waals surface area contributed by atoms with E-state index in [0.717, 1.165) is 17.4 Å². The Morgan fingerprint density at radius 2 is 2.18 bits per heavy atom. The Morgan fingerprint density at radius 1 is 1.35 bits per heavy atom. The van der Waals surface area contributed by atoms with Crippen molar-refractivity contribution >= 4 is 16.8 Å². The van der Waals surface area contributed by atoms with E-state index in [2.05, 4.69) is 23.2 Å². The zero-order valence-electron chi connectivity index (χ0n) is 9.86. The maximum Gasteiger partial charge on any atom is 0.174 e. The number of nitrogens with zero attached hydrogens (tertiary/aromatic N) is 2. The first-order valence-corrected chi connectivity index (χ1v) is 6.01. The molecule has 1 saturated heterocycles. The second-order valence-electron chi connectivity index (χ2n) is 5.67. The highest BCUT2D eigenvalue weighted by molar-refractivity contribution is 5.90. The van der Waals surface area contributed by atoms with Crippen LogP contribution < -0.4 is 5.73 Å². The van der Waals surface area contributed by atoms with Crippen LogP contribution in [0.2, 0.25) is 0 Å². The maximum atomic E-state index is 5.79. The molecule has 4 rings (SSSR count). The number of rotatable bonds is 0. The molecule has 1 aliphatic carbocycles. The predicted octanol–water partition coefficient (Wildman–Crippen LogP) is 1.44. The number of likely N-dealkylation sites (tertiary alicyclic amines) is 1. The standard InChI is InChI=1S/C13H15N3O/c1-16-6-13(7-16)4-8-2-3-9-11(10(8)5-13)17-15-12(9)14/h2-3H,4-7H2,1H3,(H2,14,15). The van der Waals surface area contributed by atoms with E-state index in [1.165, 1.54) is 30.6 Å². The summed E-state index contributed by atoms with van der Waals surface area (Å²) in [4.78, 5) is 2.37. The quantitative estimate of drug-likeness (QED) is 0.742. The molecule has 2 heterocycles. The van der Waals surface area contributed by atoms with Crippen molar-refractivity contribution in [3.8, 4) is 0 Å². The third-order valence-electron chi connectivity index (χ3n) is 4.20. The van der Waals surface area contributed by atoms with E-state index >= 15 is 0 Å². The van der Waals surface area contributed by atoms with Crippen molar-refractivity contribution in [3.05, 3.63) is 23.3 Å². The lowest BCUT2D eigenvalue weighted by atomic mass is 9.77. The van der Waals surface area contributed by atoms with Gasteiger partial charge in [-0.1, -0.05) is 11.2 Å². The predicted molar refractivity (Wildman–Crippen MR) is 65.8 cm³/mol. The third-order valence-corrected chi connectivity index (χ3v) is 4.20. The minimum Gasteiger partial charge on any atom is -0.380 e.